The van der Waals surface area contributed by atoms with Gasteiger partial charge < -0.3 is 0 Å². The molecule has 3 rings (SSSR count). The van der Waals surface area contributed by atoms with Crippen molar-refractivity contribution in [2.45, 2.75) is 0 Å². The predicted molar refractivity (Wildman–Crippen MR) is 71.7 cm³/mol. The van der Waals surface area contributed by atoms with E-state index in [1.54, 1.807) is 29.1 Å². The second-order valence-corrected chi connectivity index (χ2v) is 4.73. The summed E-state index contributed by atoms with van der Waals surface area (Å²) in [6.45, 7) is 0. The summed E-state index contributed by atoms with van der Waals surface area (Å²) < 4.78 is 1.63. The van der Waals surface area contributed by atoms with E-state index in [0.717, 1.165) is 5.69 Å². The standard InChI is InChI=1S/C11H5Cl3N4/c12-8-2-1-6(3-9(8)13)18-11-7(4-17-18)10(14)15-5-16-11/h1-5H. The fraction of sp³-hybridized carbons (Fsp3) is 0. The van der Waals surface area contributed by atoms with Gasteiger partial charge in [0.05, 0.1) is 27.3 Å². The minimum absolute atomic E-state index is 0.367. The molecule has 0 bridgehead atoms. The molecule has 0 aliphatic rings. The Morgan fingerprint density at radius 2 is 1.83 bits per heavy atom. The number of fused-ring (bicyclic) bond motifs is 1. The van der Waals surface area contributed by atoms with E-state index in [1.807, 2.05) is 0 Å². The Bertz CT molecular complexity index is 738. The van der Waals surface area contributed by atoms with E-state index < -0.39 is 0 Å². The van der Waals surface area contributed by atoms with Crippen molar-refractivity contribution in [1.82, 2.24) is 19.7 Å². The molecule has 0 atom stereocenters. The van der Waals surface area contributed by atoms with Crippen molar-refractivity contribution in [3.8, 4) is 5.69 Å². The second kappa shape index (κ2) is 4.39. The third kappa shape index (κ3) is 1.82. The van der Waals surface area contributed by atoms with Gasteiger partial charge in [-0.2, -0.15) is 5.10 Å². The van der Waals surface area contributed by atoms with E-state index in [-0.39, 0.29) is 0 Å². The van der Waals surface area contributed by atoms with Gasteiger partial charge in [0.2, 0.25) is 0 Å². The van der Waals surface area contributed by atoms with Gasteiger partial charge in [-0.1, -0.05) is 34.8 Å². The van der Waals surface area contributed by atoms with Gasteiger partial charge in [-0.25, -0.2) is 14.6 Å². The number of hydrogen-bond donors (Lipinski definition) is 0. The zero-order valence-corrected chi connectivity index (χ0v) is 11.1. The van der Waals surface area contributed by atoms with Crippen LogP contribution in [0, 0.1) is 0 Å². The first kappa shape index (κ1) is 11.7. The first-order valence-corrected chi connectivity index (χ1v) is 6.10. The van der Waals surface area contributed by atoms with E-state index >= 15 is 0 Å². The Kier molecular flexibility index (Phi) is 2.86. The smallest absolute Gasteiger partial charge is 0.167 e. The molecule has 0 aliphatic carbocycles. The number of halogens is 3. The lowest BCUT2D eigenvalue weighted by molar-refractivity contribution is 0.895. The van der Waals surface area contributed by atoms with Crippen LogP contribution in [0.3, 0.4) is 0 Å². The molecular weight excluding hydrogens is 295 g/mol. The lowest BCUT2D eigenvalue weighted by atomic mass is 10.3. The van der Waals surface area contributed by atoms with Crippen molar-refractivity contribution in [3.63, 3.8) is 0 Å². The van der Waals surface area contributed by atoms with E-state index in [0.29, 0.717) is 26.2 Å². The average Bonchev–Trinajstić information content (AvgIpc) is 2.78. The van der Waals surface area contributed by atoms with Gasteiger partial charge in [0.15, 0.2) is 5.65 Å². The van der Waals surface area contributed by atoms with Gasteiger partial charge in [-0.15, -0.1) is 0 Å². The van der Waals surface area contributed by atoms with Gasteiger partial charge in [0, 0.05) is 0 Å². The van der Waals surface area contributed by atoms with Crippen LogP contribution in [0.4, 0.5) is 0 Å². The number of hydrogen-bond acceptors (Lipinski definition) is 3. The van der Waals surface area contributed by atoms with E-state index in [1.165, 1.54) is 6.33 Å². The zero-order valence-electron chi connectivity index (χ0n) is 8.81. The van der Waals surface area contributed by atoms with Crippen molar-refractivity contribution in [2.75, 3.05) is 0 Å². The summed E-state index contributed by atoms with van der Waals surface area (Å²) in [6.07, 6.45) is 3.00. The topological polar surface area (TPSA) is 43.6 Å². The first-order chi connectivity index (χ1) is 8.66. The Labute approximate surface area is 117 Å². The second-order valence-electron chi connectivity index (χ2n) is 3.56. The Morgan fingerprint density at radius 3 is 2.61 bits per heavy atom. The van der Waals surface area contributed by atoms with Crippen LogP contribution in [-0.4, -0.2) is 19.7 Å². The van der Waals surface area contributed by atoms with E-state index in [2.05, 4.69) is 15.1 Å². The van der Waals surface area contributed by atoms with Crippen molar-refractivity contribution in [2.24, 2.45) is 0 Å². The Balaban J connectivity index is 2.25. The van der Waals surface area contributed by atoms with Gasteiger partial charge in [0.1, 0.15) is 11.5 Å². The van der Waals surface area contributed by atoms with E-state index in [9.17, 15) is 0 Å². The molecule has 90 valence electrons. The zero-order chi connectivity index (χ0) is 12.7. The molecule has 0 aliphatic heterocycles. The van der Waals surface area contributed by atoms with Crippen LogP contribution in [0.25, 0.3) is 16.7 Å². The van der Waals surface area contributed by atoms with Crippen molar-refractivity contribution in [1.29, 1.82) is 0 Å². The summed E-state index contributed by atoms with van der Waals surface area (Å²) in [5, 5.41) is 6.22. The summed E-state index contributed by atoms with van der Waals surface area (Å²) in [5.41, 5.74) is 1.38. The predicted octanol–water partition coefficient (Wildman–Crippen LogP) is 3.78. The normalized spacial score (nSPS) is 11.1. The summed E-state index contributed by atoms with van der Waals surface area (Å²) >= 11 is 17.8. The number of aromatic nitrogens is 4. The summed E-state index contributed by atoms with van der Waals surface area (Å²) in [7, 11) is 0. The quantitative estimate of drug-likeness (QED) is 0.642. The molecule has 0 N–H and O–H groups in total. The third-order valence-corrected chi connectivity index (χ3v) is 3.51. The van der Waals surface area contributed by atoms with E-state index in [4.69, 9.17) is 34.8 Å². The van der Waals surface area contributed by atoms with Crippen LogP contribution in [0.2, 0.25) is 15.2 Å². The molecule has 2 heterocycles. The van der Waals surface area contributed by atoms with Crippen LogP contribution in [-0.2, 0) is 0 Å². The minimum Gasteiger partial charge on any atom is -0.224 e. The molecule has 2 aromatic heterocycles. The largest absolute Gasteiger partial charge is 0.224 e. The fourth-order valence-electron chi connectivity index (χ4n) is 1.62. The molecule has 0 saturated carbocycles. The number of nitrogens with zero attached hydrogens (tertiary/aromatic N) is 4. The van der Waals surface area contributed by atoms with Crippen molar-refractivity contribution < 1.29 is 0 Å². The molecule has 3 aromatic rings. The van der Waals surface area contributed by atoms with Gasteiger partial charge in [-0.3, -0.25) is 0 Å². The highest BCUT2D eigenvalue weighted by Crippen LogP contribution is 2.26. The maximum atomic E-state index is 5.98. The van der Waals surface area contributed by atoms with Crippen LogP contribution in [0.15, 0.2) is 30.7 Å². The van der Waals surface area contributed by atoms with Gasteiger partial charge >= 0.3 is 0 Å². The maximum absolute atomic E-state index is 5.98. The molecule has 0 amide bonds. The lowest BCUT2D eigenvalue weighted by Gasteiger charge is -2.04. The molecule has 0 saturated heterocycles. The SMILES string of the molecule is Clc1ccc(-n2ncc3c(Cl)ncnc32)cc1Cl. The molecule has 1 aromatic carbocycles. The molecule has 0 radical (unpaired) electrons. The summed E-state index contributed by atoms with van der Waals surface area (Å²) in [4.78, 5) is 8.06. The van der Waals surface area contributed by atoms with Gasteiger partial charge in [0.25, 0.3) is 0 Å². The summed E-state index contributed by atoms with van der Waals surface area (Å²) in [5.74, 6) is 0. The third-order valence-electron chi connectivity index (χ3n) is 2.46. The molecule has 0 unspecified atom stereocenters. The molecule has 0 spiro atoms. The molecule has 4 nitrogen and oxygen atoms in total. The Morgan fingerprint density at radius 1 is 1.00 bits per heavy atom. The monoisotopic (exact) mass is 298 g/mol. The first-order valence-electron chi connectivity index (χ1n) is 4.96. The van der Waals surface area contributed by atoms with Crippen molar-refractivity contribution >= 4 is 45.8 Å². The van der Waals surface area contributed by atoms with Crippen LogP contribution in [0.5, 0.6) is 0 Å². The highest BCUT2D eigenvalue weighted by atomic mass is 35.5. The maximum Gasteiger partial charge on any atom is 0.167 e. The number of benzene rings is 1. The summed E-state index contributed by atoms with van der Waals surface area (Å²) in [6, 6.07) is 5.22. The van der Waals surface area contributed by atoms with Gasteiger partial charge in [-0.05, 0) is 18.2 Å². The van der Waals surface area contributed by atoms with Crippen molar-refractivity contribution in [3.05, 3.63) is 45.9 Å². The molecule has 18 heavy (non-hydrogen) atoms. The average molecular weight is 300 g/mol. The molecule has 0 fully saturated rings. The van der Waals surface area contributed by atoms with Crippen LogP contribution >= 0.6 is 34.8 Å². The highest BCUT2D eigenvalue weighted by molar-refractivity contribution is 6.42. The minimum atomic E-state index is 0.367. The fourth-order valence-corrected chi connectivity index (χ4v) is 2.09. The molecule has 7 heteroatoms. The lowest BCUT2D eigenvalue weighted by Crippen LogP contribution is -1.97. The molecular formula is C11H5Cl3N4. The van der Waals surface area contributed by atoms with Crippen LogP contribution < -0.4 is 0 Å². The number of rotatable bonds is 1. The highest BCUT2D eigenvalue weighted by Gasteiger charge is 2.10. The van der Waals surface area contributed by atoms with Crippen LogP contribution in [0.1, 0.15) is 0 Å². The Hall–Kier alpha value is -1.36.